The van der Waals surface area contributed by atoms with Crippen molar-refractivity contribution in [3.05, 3.63) is 39.9 Å². The van der Waals surface area contributed by atoms with E-state index < -0.39 is 23.1 Å². The van der Waals surface area contributed by atoms with Gasteiger partial charge in [-0.1, -0.05) is 6.07 Å². The first-order valence-corrected chi connectivity index (χ1v) is 3.80. The van der Waals surface area contributed by atoms with Gasteiger partial charge in [-0.2, -0.15) is 4.39 Å². The summed E-state index contributed by atoms with van der Waals surface area (Å²) in [7, 11) is 0. The fourth-order valence-electron chi connectivity index (χ4n) is 0.826. The summed E-state index contributed by atoms with van der Waals surface area (Å²) in [5, 5.41) is 9.90. The minimum absolute atomic E-state index is 0.284. The number of rotatable bonds is 4. The van der Waals surface area contributed by atoms with Gasteiger partial charge in [-0.25, -0.2) is 4.39 Å². The van der Waals surface area contributed by atoms with Gasteiger partial charge in [0.05, 0.1) is 0 Å². The molecule has 0 aromatic heterocycles. The standard InChI is InChI=1S/C8H7F2NO3/c9-6-2-1-3-7(8(6)10)14-5-4-11(12)13/h1-3H,4-5H2. The molecule has 0 saturated heterocycles. The fraction of sp³-hybridized carbons (Fsp3) is 0.250. The van der Waals surface area contributed by atoms with Crippen molar-refractivity contribution < 1.29 is 18.4 Å². The van der Waals surface area contributed by atoms with Crippen LogP contribution in [0.2, 0.25) is 0 Å². The quantitative estimate of drug-likeness (QED) is 0.551. The van der Waals surface area contributed by atoms with Gasteiger partial charge in [-0.15, -0.1) is 0 Å². The van der Waals surface area contributed by atoms with Gasteiger partial charge in [0.25, 0.3) is 0 Å². The molecule has 0 aliphatic heterocycles. The maximum atomic E-state index is 12.9. The molecule has 1 aromatic carbocycles. The highest BCUT2D eigenvalue weighted by Crippen LogP contribution is 2.18. The molecule has 14 heavy (non-hydrogen) atoms. The molecule has 0 N–H and O–H groups in total. The van der Waals surface area contributed by atoms with Crippen LogP contribution in [-0.4, -0.2) is 18.1 Å². The van der Waals surface area contributed by atoms with Crippen molar-refractivity contribution in [1.82, 2.24) is 0 Å². The van der Waals surface area contributed by atoms with Crippen LogP contribution in [0.25, 0.3) is 0 Å². The minimum Gasteiger partial charge on any atom is -0.484 e. The minimum atomic E-state index is -1.13. The van der Waals surface area contributed by atoms with E-state index >= 15 is 0 Å². The van der Waals surface area contributed by atoms with Crippen molar-refractivity contribution in [3.8, 4) is 5.75 Å². The lowest BCUT2D eigenvalue weighted by atomic mass is 10.3. The molecule has 0 bridgehead atoms. The average Bonchev–Trinajstić information content (AvgIpc) is 2.12. The van der Waals surface area contributed by atoms with Gasteiger partial charge in [0.1, 0.15) is 0 Å². The number of hydrogen-bond acceptors (Lipinski definition) is 3. The molecule has 0 unspecified atom stereocenters. The van der Waals surface area contributed by atoms with E-state index in [4.69, 9.17) is 0 Å². The number of halogens is 2. The molecular formula is C8H7F2NO3. The number of nitro groups is 1. The Labute approximate surface area is 78.3 Å². The van der Waals surface area contributed by atoms with Gasteiger partial charge in [0, 0.05) is 4.92 Å². The topological polar surface area (TPSA) is 52.4 Å². The summed E-state index contributed by atoms with van der Waals surface area (Å²) in [6, 6.07) is 3.41. The van der Waals surface area contributed by atoms with Crippen molar-refractivity contribution in [1.29, 1.82) is 0 Å². The average molecular weight is 203 g/mol. The molecule has 0 amide bonds. The summed E-state index contributed by atoms with van der Waals surface area (Å²) in [5.74, 6) is -2.48. The van der Waals surface area contributed by atoms with Crippen LogP contribution in [0.5, 0.6) is 5.75 Å². The van der Waals surface area contributed by atoms with E-state index in [1.165, 1.54) is 12.1 Å². The lowest BCUT2D eigenvalue weighted by Crippen LogP contribution is -2.11. The summed E-state index contributed by atoms with van der Waals surface area (Å²) in [6.45, 7) is -0.733. The van der Waals surface area contributed by atoms with Gasteiger partial charge < -0.3 is 4.74 Å². The largest absolute Gasteiger partial charge is 0.484 e. The van der Waals surface area contributed by atoms with Gasteiger partial charge >= 0.3 is 0 Å². The van der Waals surface area contributed by atoms with E-state index in [0.717, 1.165) is 6.07 Å². The van der Waals surface area contributed by atoms with Crippen LogP contribution in [0.1, 0.15) is 0 Å². The number of ether oxygens (including phenoxy) is 1. The first kappa shape index (κ1) is 10.4. The molecule has 0 atom stereocenters. The van der Waals surface area contributed by atoms with Gasteiger partial charge in [-0.3, -0.25) is 10.1 Å². The fourth-order valence-corrected chi connectivity index (χ4v) is 0.826. The molecule has 76 valence electrons. The van der Waals surface area contributed by atoms with Crippen LogP contribution in [0, 0.1) is 21.7 Å². The summed E-state index contributed by atoms with van der Waals surface area (Å²) in [4.78, 5) is 9.30. The molecule has 0 saturated carbocycles. The normalized spacial score (nSPS) is 9.86. The van der Waals surface area contributed by atoms with E-state index in [-0.39, 0.29) is 12.4 Å². The van der Waals surface area contributed by atoms with E-state index in [0.29, 0.717) is 0 Å². The van der Waals surface area contributed by atoms with E-state index in [1.807, 2.05) is 0 Å². The summed E-state index contributed by atoms with van der Waals surface area (Å²) in [6.07, 6.45) is 0. The Hall–Kier alpha value is -1.72. The van der Waals surface area contributed by atoms with Crippen LogP contribution < -0.4 is 4.74 Å². The Balaban J connectivity index is 2.59. The molecule has 0 aliphatic carbocycles. The molecule has 0 heterocycles. The maximum absolute atomic E-state index is 12.9. The van der Waals surface area contributed by atoms with Crippen molar-refractivity contribution in [2.75, 3.05) is 13.2 Å². The highest BCUT2D eigenvalue weighted by Gasteiger charge is 2.09. The second kappa shape index (κ2) is 4.50. The first-order chi connectivity index (χ1) is 6.61. The molecule has 0 aliphatic rings. The third kappa shape index (κ3) is 2.65. The molecule has 0 fully saturated rings. The van der Waals surface area contributed by atoms with Crippen molar-refractivity contribution in [2.24, 2.45) is 0 Å². The van der Waals surface area contributed by atoms with Crippen LogP contribution in [-0.2, 0) is 0 Å². The van der Waals surface area contributed by atoms with Crippen LogP contribution in [0.4, 0.5) is 8.78 Å². The SMILES string of the molecule is O=[N+]([O-])CCOc1cccc(F)c1F. The predicted molar refractivity (Wildman–Crippen MR) is 43.7 cm³/mol. The van der Waals surface area contributed by atoms with Crippen molar-refractivity contribution in [3.63, 3.8) is 0 Å². The molecule has 0 radical (unpaired) electrons. The van der Waals surface area contributed by atoms with E-state index in [9.17, 15) is 18.9 Å². The smallest absolute Gasteiger partial charge is 0.237 e. The van der Waals surface area contributed by atoms with Gasteiger partial charge in [-0.05, 0) is 12.1 Å². The Morgan fingerprint density at radius 2 is 2.14 bits per heavy atom. The molecule has 0 spiro atoms. The third-order valence-corrected chi connectivity index (χ3v) is 1.45. The molecule has 1 rings (SSSR count). The van der Waals surface area contributed by atoms with Gasteiger partial charge in [0.2, 0.25) is 12.4 Å². The predicted octanol–water partition coefficient (Wildman–Crippen LogP) is 1.62. The zero-order valence-electron chi connectivity index (χ0n) is 7.07. The summed E-state index contributed by atoms with van der Waals surface area (Å²) >= 11 is 0. The monoisotopic (exact) mass is 203 g/mol. The summed E-state index contributed by atoms with van der Waals surface area (Å²) in [5.41, 5.74) is 0. The molecule has 1 aromatic rings. The van der Waals surface area contributed by atoms with Crippen LogP contribution >= 0.6 is 0 Å². The lowest BCUT2D eigenvalue weighted by molar-refractivity contribution is -0.481. The molecule has 4 nitrogen and oxygen atoms in total. The van der Waals surface area contributed by atoms with E-state index in [1.54, 1.807) is 0 Å². The van der Waals surface area contributed by atoms with Crippen LogP contribution in [0.15, 0.2) is 18.2 Å². The number of benzene rings is 1. The molecular weight excluding hydrogens is 196 g/mol. The lowest BCUT2D eigenvalue weighted by Gasteiger charge is -2.04. The maximum Gasteiger partial charge on any atom is 0.237 e. The first-order valence-electron chi connectivity index (χ1n) is 3.80. The second-order valence-electron chi connectivity index (χ2n) is 2.46. The second-order valence-corrected chi connectivity index (χ2v) is 2.46. The highest BCUT2D eigenvalue weighted by atomic mass is 19.2. The number of nitrogens with zero attached hydrogens (tertiary/aromatic N) is 1. The van der Waals surface area contributed by atoms with Crippen molar-refractivity contribution in [2.45, 2.75) is 0 Å². The van der Waals surface area contributed by atoms with Crippen molar-refractivity contribution >= 4 is 0 Å². The summed E-state index contributed by atoms with van der Waals surface area (Å²) < 4.78 is 30.1. The Morgan fingerprint density at radius 3 is 2.79 bits per heavy atom. The number of hydrogen-bond donors (Lipinski definition) is 0. The highest BCUT2D eigenvalue weighted by molar-refractivity contribution is 5.24. The molecule has 6 heteroatoms. The van der Waals surface area contributed by atoms with Crippen LogP contribution in [0.3, 0.4) is 0 Å². The Bertz CT molecular complexity index is 343. The zero-order valence-corrected chi connectivity index (χ0v) is 7.07. The third-order valence-electron chi connectivity index (χ3n) is 1.45. The zero-order chi connectivity index (χ0) is 10.6. The Kier molecular flexibility index (Phi) is 3.33. The Morgan fingerprint density at radius 1 is 1.43 bits per heavy atom. The van der Waals surface area contributed by atoms with Gasteiger partial charge in [0.15, 0.2) is 18.2 Å². The van der Waals surface area contributed by atoms with E-state index in [2.05, 4.69) is 4.74 Å².